The molecule has 1 aliphatic carbocycles. The lowest BCUT2D eigenvalue weighted by molar-refractivity contribution is 0.0686. The molecular formula is C14H25N5. The molecule has 2 aliphatic rings. The molecule has 1 spiro atoms. The van der Waals surface area contributed by atoms with Gasteiger partial charge in [0.15, 0.2) is 0 Å². The predicted octanol–water partition coefficient (Wildman–Crippen LogP) is 1.31. The third kappa shape index (κ3) is 2.54. The zero-order valence-corrected chi connectivity index (χ0v) is 12.1. The number of piperazine rings is 1. The maximum Gasteiger partial charge on any atom is 0.140 e. The zero-order valence-electron chi connectivity index (χ0n) is 12.1. The molecule has 106 valence electrons. The number of rotatable bonds is 3. The smallest absolute Gasteiger partial charge is 0.140 e. The van der Waals surface area contributed by atoms with Crippen LogP contribution in [0.5, 0.6) is 0 Å². The quantitative estimate of drug-likeness (QED) is 0.893. The second-order valence-corrected chi connectivity index (χ2v) is 6.14. The minimum absolute atomic E-state index is 0.379. The van der Waals surface area contributed by atoms with Crippen LogP contribution < -0.4 is 5.32 Å². The van der Waals surface area contributed by atoms with Gasteiger partial charge >= 0.3 is 0 Å². The van der Waals surface area contributed by atoms with Gasteiger partial charge < -0.3 is 5.32 Å². The highest BCUT2D eigenvalue weighted by molar-refractivity contribution is 5.01. The molecule has 5 heteroatoms. The fourth-order valence-electron chi connectivity index (χ4n) is 3.66. The Balaban J connectivity index is 1.74. The number of hydrogen-bond donors (Lipinski definition) is 1. The van der Waals surface area contributed by atoms with Crippen LogP contribution in [0.2, 0.25) is 0 Å². The second kappa shape index (κ2) is 5.21. The van der Waals surface area contributed by atoms with E-state index < -0.39 is 0 Å². The highest BCUT2D eigenvalue weighted by Crippen LogP contribution is 2.34. The van der Waals surface area contributed by atoms with Crippen LogP contribution in [0, 0.1) is 0 Å². The molecule has 2 fully saturated rings. The summed E-state index contributed by atoms with van der Waals surface area (Å²) in [5, 5.41) is 8.02. The van der Waals surface area contributed by atoms with Crippen molar-refractivity contribution in [3.63, 3.8) is 0 Å². The van der Waals surface area contributed by atoms with Crippen molar-refractivity contribution in [3.05, 3.63) is 12.2 Å². The first-order valence-corrected chi connectivity index (χ1v) is 7.54. The van der Waals surface area contributed by atoms with Crippen LogP contribution >= 0.6 is 0 Å². The van der Waals surface area contributed by atoms with Crippen molar-refractivity contribution in [2.24, 2.45) is 7.05 Å². The molecule has 0 bridgehead atoms. The Kier molecular flexibility index (Phi) is 3.58. The molecule has 1 aromatic heterocycles. The largest absolute Gasteiger partial charge is 0.308 e. The average molecular weight is 263 g/mol. The summed E-state index contributed by atoms with van der Waals surface area (Å²) in [6.45, 7) is 5.49. The highest BCUT2D eigenvalue weighted by Gasteiger charge is 2.40. The standard InChI is InChI=1S/C14H25N5/c1-3-12-8-16-14(6-4-5-7-14)10-19(12)9-13-15-11-17-18(13)2/h11-12,16H,3-10H2,1-2H3. The van der Waals surface area contributed by atoms with Gasteiger partial charge in [-0.3, -0.25) is 9.58 Å². The zero-order chi connectivity index (χ0) is 13.3. The molecule has 1 unspecified atom stereocenters. The third-order valence-corrected chi connectivity index (χ3v) is 4.92. The normalized spacial score (nSPS) is 27.2. The Bertz CT molecular complexity index is 421. The molecule has 0 radical (unpaired) electrons. The topological polar surface area (TPSA) is 46.0 Å². The van der Waals surface area contributed by atoms with Crippen molar-refractivity contribution in [2.75, 3.05) is 13.1 Å². The summed E-state index contributed by atoms with van der Waals surface area (Å²) >= 11 is 0. The minimum Gasteiger partial charge on any atom is -0.308 e. The molecule has 19 heavy (non-hydrogen) atoms. The SMILES string of the molecule is CCC1CNC2(CCCC2)CN1Cc1ncnn1C. The van der Waals surface area contributed by atoms with Crippen molar-refractivity contribution in [1.29, 1.82) is 0 Å². The van der Waals surface area contributed by atoms with Crippen LogP contribution in [-0.4, -0.2) is 44.3 Å². The van der Waals surface area contributed by atoms with E-state index in [9.17, 15) is 0 Å². The van der Waals surface area contributed by atoms with Gasteiger partial charge in [0.25, 0.3) is 0 Å². The van der Waals surface area contributed by atoms with Crippen molar-refractivity contribution < 1.29 is 0 Å². The molecular weight excluding hydrogens is 238 g/mol. The average Bonchev–Trinajstić information content (AvgIpc) is 3.01. The first-order chi connectivity index (χ1) is 9.22. The van der Waals surface area contributed by atoms with E-state index in [0.717, 1.165) is 18.9 Å². The van der Waals surface area contributed by atoms with E-state index in [4.69, 9.17) is 0 Å². The van der Waals surface area contributed by atoms with Gasteiger partial charge in [0.05, 0.1) is 6.54 Å². The molecule has 1 aromatic rings. The monoisotopic (exact) mass is 263 g/mol. The lowest BCUT2D eigenvalue weighted by Crippen LogP contribution is -2.62. The van der Waals surface area contributed by atoms with Gasteiger partial charge in [-0.25, -0.2) is 4.98 Å². The van der Waals surface area contributed by atoms with Crippen molar-refractivity contribution in [3.8, 4) is 0 Å². The predicted molar refractivity (Wildman–Crippen MR) is 74.7 cm³/mol. The highest BCUT2D eigenvalue weighted by atomic mass is 15.3. The molecule has 1 saturated carbocycles. The van der Waals surface area contributed by atoms with Crippen LogP contribution in [0.1, 0.15) is 44.9 Å². The Morgan fingerprint density at radius 3 is 2.84 bits per heavy atom. The van der Waals surface area contributed by atoms with Gasteiger partial charge in [-0.15, -0.1) is 0 Å². The summed E-state index contributed by atoms with van der Waals surface area (Å²) in [7, 11) is 1.98. The van der Waals surface area contributed by atoms with Gasteiger partial charge in [0.2, 0.25) is 0 Å². The number of nitrogens with one attached hydrogen (secondary N) is 1. The summed E-state index contributed by atoms with van der Waals surface area (Å²) in [5.41, 5.74) is 0.379. The fourth-order valence-corrected chi connectivity index (χ4v) is 3.66. The fraction of sp³-hybridized carbons (Fsp3) is 0.857. The minimum atomic E-state index is 0.379. The second-order valence-electron chi connectivity index (χ2n) is 6.14. The molecule has 1 aliphatic heterocycles. The van der Waals surface area contributed by atoms with E-state index >= 15 is 0 Å². The van der Waals surface area contributed by atoms with Crippen molar-refractivity contribution in [2.45, 2.75) is 57.2 Å². The van der Waals surface area contributed by atoms with Crippen LogP contribution in [0.15, 0.2) is 6.33 Å². The molecule has 1 saturated heterocycles. The summed E-state index contributed by atoms with van der Waals surface area (Å²) in [4.78, 5) is 7.00. The van der Waals surface area contributed by atoms with E-state index in [1.807, 2.05) is 11.7 Å². The van der Waals surface area contributed by atoms with E-state index in [1.54, 1.807) is 6.33 Å². The molecule has 3 rings (SSSR count). The number of aromatic nitrogens is 3. The Labute approximate surface area is 115 Å². The van der Waals surface area contributed by atoms with E-state index in [0.29, 0.717) is 11.6 Å². The lowest BCUT2D eigenvalue weighted by Gasteiger charge is -2.46. The van der Waals surface area contributed by atoms with Gasteiger partial charge in [0.1, 0.15) is 12.2 Å². The van der Waals surface area contributed by atoms with E-state index in [1.165, 1.54) is 38.6 Å². The number of nitrogens with zero attached hydrogens (tertiary/aromatic N) is 4. The van der Waals surface area contributed by atoms with Crippen LogP contribution in [0.3, 0.4) is 0 Å². The summed E-state index contributed by atoms with van der Waals surface area (Å²) in [6, 6.07) is 0.628. The molecule has 2 heterocycles. The summed E-state index contributed by atoms with van der Waals surface area (Å²) in [6.07, 6.45) is 8.27. The van der Waals surface area contributed by atoms with Crippen molar-refractivity contribution in [1.82, 2.24) is 25.0 Å². The number of aryl methyl sites for hydroxylation is 1. The number of hydrogen-bond acceptors (Lipinski definition) is 4. The van der Waals surface area contributed by atoms with Crippen LogP contribution in [0.4, 0.5) is 0 Å². The first kappa shape index (κ1) is 13.1. The van der Waals surface area contributed by atoms with E-state index in [2.05, 4.69) is 27.2 Å². The lowest BCUT2D eigenvalue weighted by atomic mass is 9.91. The summed E-state index contributed by atoms with van der Waals surface area (Å²) in [5.74, 6) is 1.08. The Morgan fingerprint density at radius 1 is 1.42 bits per heavy atom. The third-order valence-electron chi connectivity index (χ3n) is 4.92. The maximum atomic E-state index is 4.38. The maximum absolute atomic E-state index is 4.38. The molecule has 1 N–H and O–H groups in total. The van der Waals surface area contributed by atoms with Crippen LogP contribution in [0.25, 0.3) is 0 Å². The molecule has 0 amide bonds. The van der Waals surface area contributed by atoms with Gasteiger partial charge in [-0.05, 0) is 19.3 Å². The van der Waals surface area contributed by atoms with E-state index in [-0.39, 0.29) is 0 Å². The van der Waals surface area contributed by atoms with Crippen molar-refractivity contribution >= 4 is 0 Å². The van der Waals surface area contributed by atoms with Gasteiger partial charge in [-0.2, -0.15) is 5.10 Å². The van der Waals surface area contributed by atoms with Crippen LogP contribution in [-0.2, 0) is 13.6 Å². The first-order valence-electron chi connectivity index (χ1n) is 7.54. The summed E-state index contributed by atoms with van der Waals surface area (Å²) < 4.78 is 1.90. The Morgan fingerprint density at radius 2 is 2.21 bits per heavy atom. The van der Waals surface area contributed by atoms with Gasteiger partial charge in [-0.1, -0.05) is 19.8 Å². The Hall–Kier alpha value is -0.940. The molecule has 0 aromatic carbocycles. The van der Waals surface area contributed by atoms with Gasteiger partial charge in [0, 0.05) is 31.7 Å². The molecule has 1 atom stereocenters. The molecule has 5 nitrogen and oxygen atoms in total.